The van der Waals surface area contributed by atoms with Gasteiger partial charge < -0.3 is 11.5 Å². The van der Waals surface area contributed by atoms with Crippen molar-refractivity contribution in [2.24, 2.45) is 0 Å². The molecular weight excluding hydrogens is 198 g/mol. The van der Waals surface area contributed by atoms with E-state index in [0.29, 0.717) is 5.82 Å². The van der Waals surface area contributed by atoms with E-state index in [1.165, 1.54) is 0 Å². The van der Waals surface area contributed by atoms with Crippen LogP contribution in [0.4, 0.5) is 11.5 Å². The van der Waals surface area contributed by atoms with Crippen LogP contribution in [0.5, 0.6) is 0 Å². The summed E-state index contributed by atoms with van der Waals surface area (Å²) in [6.45, 7) is 4.01. The maximum Gasteiger partial charge on any atom is 0.123 e. The third-order valence-corrected chi connectivity index (χ3v) is 2.62. The molecule has 4 N–H and O–H groups in total. The summed E-state index contributed by atoms with van der Waals surface area (Å²) in [5.41, 5.74) is 16.5. The van der Waals surface area contributed by atoms with E-state index in [1.54, 1.807) is 0 Å². The number of pyridine rings is 1. The van der Waals surface area contributed by atoms with Gasteiger partial charge in [-0.2, -0.15) is 0 Å². The van der Waals surface area contributed by atoms with Crippen molar-refractivity contribution in [3.05, 3.63) is 41.6 Å². The number of anilines is 2. The van der Waals surface area contributed by atoms with Crippen LogP contribution in [-0.2, 0) is 0 Å². The number of hydrogen-bond acceptors (Lipinski definition) is 3. The molecule has 0 saturated carbocycles. The number of benzene rings is 1. The monoisotopic (exact) mass is 213 g/mol. The molecule has 0 bridgehead atoms. The van der Waals surface area contributed by atoms with Crippen LogP contribution in [0.1, 0.15) is 11.3 Å². The molecule has 0 unspecified atom stereocenters. The number of aromatic nitrogens is 1. The van der Waals surface area contributed by atoms with Crippen molar-refractivity contribution in [1.29, 1.82) is 0 Å². The molecule has 0 aliphatic heterocycles. The third-order valence-electron chi connectivity index (χ3n) is 2.62. The second-order valence-corrected chi connectivity index (χ2v) is 3.95. The average molecular weight is 213 g/mol. The zero-order chi connectivity index (χ0) is 11.7. The van der Waals surface area contributed by atoms with Crippen LogP contribution >= 0.6 is 0 Å². The molecule has 0 fully saturated rings. The van der Waals surface area contributed by atoms with Crippen LogP contribution < -0.4 is 11.5 Å². The summed E-state index contributed by atoms with van der Waals surface area (Å²) < 4.78 is 0. The third kappa shape index (κ3) is 1.84. The number of nitrogens with two attached hydrogens (primary N) is 2. The molecule has 16 heavy (non-hydrogen) atoms. The van der Waals surface area contributed by atoms with E-state index in [9.17, 15) is 0 Å². The van der Waals surface area contributed by atoms with Crippen molar-refractivity contribution in [1.82, 2.24) is 4.98 Å². The van der Waals surface area contributed by atoms with Crippen LogP contribution in [0.2, 0.25) is 0 Å². The van der Waals surface area contributed by atoms with Gasteiger partial charge in [-0.15, -0.1) is 0 Å². The van der Waals surface area contributed by atoms with Gasteiger partial charge in [0.25, 0.3) is 0 Å². The molecule has 0 aliphatic carbocycles. The van der Waals surface area contributed by atoms with E-state index >= 15 is 0 Å². The number of aryl methyl sites for hydroxylation is 2. The molecule has 1 heterocycles. The lowest BCUT2D eigenvalue weighted by Crippen LogP contribution is -1.97. The zero-order valence-corrected chi connectivity index (χ0v) is 9.49. The second-order valence-electron chi connectivity index (χ2n) is 3.95. The Morgan fingerprint density at radius 1 is 1.00 bits per heavy atom. The van der Waals surface area contributed by atoms with Gasteiger partial charge in [-0.25, -0.2) is 4.98 Å². The summed E-state index contributed by atoms with van der Waals surface area (Å²) in [6, 6.07) is 9.68. The molecule has 0 spiro atoms. The molecule has 1 aromatic heterocycles. The Balaban J connectivity index is 2.60. The Morgan fingerprint density at radius 3 is 2.19 bits per heavy atom. The Kier molecular flexibility index (Phi) is 2.52. The van der Waals surface area contributed by atoms with Crippen molar-refractivity contribution >= 4 is 11.5 Å². The first-order valence-electron chi connectivity index (χ1n) is 5.17. The SMILES string of the molecule is Cc1cc(N)nc(C)c1-c1ccc(N)cc1. The fourth-order valence-corrected chi connectivity index (χ4v) is 1.95. The average Bonchev–Trinajstić information content (AvgIpc) is 2.19. The lowest BCUT2D eigenvalue weighted by Gasteiger charge is -2.10. The van der Waals surface area contributed by atoms with Crippen molar-refractivity contribution in [2.75, 3.05) is 11.5 Å². The van der Waals surface area contributed by atoms with E-state index < -0.39 is 0 Å². The van der Waals surface area contributed by atoms with E-state index in [2.05, 4.69) is 4.98 Å². The Bertz CT molecular complexity index is 492. The molecule has 1 aromatic carbocycles. The fourth-order valence-electron chi connectivity index (χ4n) is 1.95. The van der Waals surface area contributed by atoms with Gasteiger partial charge in [-0.1, -0.05) is 12.1 Å². The predicted octanol–water partition coefficient (Wildman–Crippen LogP) is 2.53. The molecule has 0 saturated heterocycles. The molecule has 2 rings (SSSR count). The minimum atomic E-state index is 0.564. The van der Waals surface area contributed by atoms with Crippen LogP contribution in [-0.4, -0.2) is 4.98 Å². The van der Waals surface area contributed by atoms with Gasteiger partial charge in [-0.3, -0.25) is 0 Å². The zero-order valence-electron chi connectivity index (χ0n) is 9.49. The first-order valence-corrected chi connectivity index (χ1v) is 5.17. The lowest BCUT2D eigenvalue weighted by atomic mass is 9.99. The number of nitrogens with zero attached hydrogens (tertiary/aromatic N) is 1. The standard InChI is InChI=1S/C13H15N3/c1-8-7-12(15)16-9(2)13(8)10-3-5-11(14)6-4-10/h3-7H,14H2,1-2H3,(H2,15,16). The van der Waals surface area contributed by atoms with Crippen molar-refractivity contribution in [3.63, 3.8) is 0 Å². The summed E-state index contributed by atoms with van der Waals surface area (Å²) in [6.07, 6.45) is 0. The molecule has 0 amide bonds. The normalized spacial score (nSPS) is 10.4. The van der Waals surface area contributed by atoms with Gasteiger partial charge in [0, 0.05) is 16.9 Å². The molecule has 3 heteroatoms. The molecule has 2 aromatic rings. The molecule has 0 radical (unpaired) electrons. The molecule has 3 nitrogen and oxygen atoms in total. The van der Waals surface area contributed by atoms with E-state index in [0.717, 1.165) is 28.1 Å². The maximum absolute atomic E-state index is 5.70. The first kappa shape index (κ1) is 10.5. The van der Waals surface area contributed by atoms with Gasteiger partial charge in [0.2, 0.25) is 0 Å². The molecule has 0 aliphatic rings. The van der Waals surface area contributed by atoms with Gasteiger partial charge in [0.15, 0.2) is 0 Å². The topological polar surface area (TPSA) is 64.9 Å². The maximum atomic E-state index is 5.70. The van der Waals surface area contributed by atoms with E-state index in [-0.39, 0.29) is 0 Å². The highest BCUT2D eigenvalue weighted by Gasteiger charge is 2.07. The Labute approximate surface area is 95.1 Å². The number of nitrogen functional groups attached to an aromatic ring is 2. The smallest absolute Gasteiger partial charge is 0.123 e. The summed E-state index contributed by atoms with van der Waals surface area (Å²) in [7, 11) is 0. The van der Waals surface area contributed by atoms with Crippen LogP contribution in [0.25, 0.3) is 11.1 Å². The summed E-state index contributed by atoms with van der Waals surface area (Å²) in [4.78, 5) is 4.28. The Hall–Kier alpha value is -2.03. The highest BCUT2D eigenvalue weighted by atomic mass is 14.8. The summed E-state index contributed by atoms with van der Waals surface area (Å²) in [5.74, 6) is 0.564. The minimum absolute atomic E-state index is 0.564. The van der Waals surface area contributed by atoms with Gasteiger partial charge in [0.05, 0.1) is 0 Å². The van der Waals surface area contributed by atoms with Crippen molar-refractivity contribution in [3.8, 4) is 11.1 Å². The minimum Gasteiger partial charge on any atom is -0.399 e. The fraction of sp³-hybridized carbons (Fsp3) is 0.154. The largest absolute Gasteiger partial charge is 0.399 e. The van der Waals surface area contributed by atoms with Gasteiger partial charge >= 0.3 is 0 Å². The van der Waals surface area contributed by atoms with Gasteiger partial charge in [-0.05, 0) is 43.2 Å². The molecular formula is C13H15N3. The predicted molar refractivity (Wildman–Crippen MR) is 68.0 cm³/mol. The lowest BCUT2D eigenvalue weighted by molar-refractivity contribution is 1.19. The molecule has 82 valence electrons. The van der Waals surface area contributed by atoms with Gasteiger partial charge in [0.1, 0.15) is 5.82 Å². The highest BCUT2D eigenvalue weighted by molar-refractivity contribution is 5.71. The van der Waals surface area contributed by atoms with Crippen LogP contribution in [0.15, 0.2) is 30.3 Å². The quantitative estimate of drug-likeness (QED) is 0.715. The first-order chi connectivity index (χ1) is 7.58. The number of rotatable bonds is 1. The van der Waals surface area contributed by atoms with Crippen LogP contribution in [0.3, 0.4) is 0 Å². The van der Waals surface area contributed by atoms with Crippen molar-refractivity contribution in [2.45, 2.75) is 13.8 Å². The molecule has 0 atom stereocenters. The van der Waals surface area contributed by atoms with E-state index in [1.807, 2.05) is 44.2 Å². The van der Waals surface area contributed by atoms with Crippen LogP contribution in [0, 0.1) is 13.8 Å². The Morgan fingerprint density at radius 2 is 1.62 bits per heavy atom. The summed E-state index contributed by atoms with van der Waals surface area (Å²) >= 11 is 0. The second kappa shape index (κ2) is 3.85. The highest BCUT2D eigenvalue weighted by Crippen LogP contribution is 2.27. The summed E-state index contributed by atoms with van der Waals surface area (Å²) in [5, 5.41) is 0. The van der Waals surface area contributed by atoms with Crippen molar-refractivity contribution < 1.29 is 0 Å². The number of hydrogen-bond donors (Lipinski definition) is 2. The van der Waals surface area contributed by atoms with E-state index in [4.69, 9.17) is 11.5 Å².